The van der Waals surface area contributed by atoms with E-state index in [4.69, 9.17) is 9.47 Å². The summed E-state index contributed by atoms with van der Waals surface area (Å²) in [5, 5.41) is 5.23. The van der Waals surface area contributed by atoms with Crippen molar-refractivity contribution >= 4 is 29.7 Å². The van der Waals surface area contributed by atoms with Gasteiger partial charge in [0.15, 0.2) is 0 Å². The molecular formula is C19H24N2O5S. The summed E-state index contributed by atoms with van der Waals surface area (Å²) >= 11 is 1.38. The fourth-order valence-electron chi connectivity index (χ4n) is 2.62. The van der Waals surface area contributed by atoms with Crippen molar-refractivity contribution in [3.8, 4) is 0 Å². The van der Waals surface area contributed by atoms with Crippen LogP contribution in [0.5, 0.6) is 0 Å². The number of urea groups is 1. The highest BCUT2D eigenvalue weighted by Gasteiger charge is 2.31. The quantitative estimate of drug-likeness (QED) is 0.522. The molecule has 1 heterocycles. The summed E-state index contributed by atoms with van der Waals surface area (Å²) in [7, 11) is 0. The fourth-order valence-corrected chi connectivity index (χ4v) is 3.45. The van der Waals surface area contributed by atoms with Crippen LogP contribution in [0.2, 0.25) is 0 Å². The molecule has 0 spiro atoms. The van der Waals surface area contributed by atoms with E-state index in [0.717, 1.165) is 10.5 Å². The summed E-state index contributed by atoms with van der Waals surface area (Å²) in [5.74, 6) is -0.826. The number of ether oxygens (including phenoxy) is 2. The summed E-state index contributed by atoms with van der Waals surface area (Å²) in [6.45, 7) is 5.55. The number of esters is 2. The zero-order chi connectivity index (χ0) is 19.8. The first kappa shape index (κ1) is 20.8. The average molecular weight is 392 g/mol. The molecule has 0 aliphatic carbocycles. The molecule has 1 aromatic carbocycles. The molecule has 7 nitrogen and oxygen atoms in total. The van der Waals surface area contributed by atoms with E-state index >= 15 is 0 Å². The lowest BCUT2D eigenvalue weighted by molar-refractivity contribution is -0.141. The van der Waals surface area contributed by atoms with E-state index < -0.39 is 24.0 Å². The lowest BCUT2D eigenvalue weighted by Crippen LogP contribution is -2.51. The largest absolute Gasteiger partial charge is 0.463 e. The van der Waals surface area contributed by atoms with Gasteiger partial charge in [-0.1, -0.05) is 25.1 Å². The summed E-state index contributed by atoms with van der Waals surface area (Å²) < 4.78 is 10.3. The Morgan fingerprint density at radius 1 is 1.19 bits per heavy atom. The van der Waals surface area contributed by atoms with E-state index in [9.17, 15) is 14.4 Å². The van der Waals surface area contributed by atoms with Gasteiger partial charge in [0.05, 0.1) is 29.7 Å². The van der Waals surface area contributed by atoms with Gasteiger partial charge in [0.2, 0.25) is 0 Å². The highest BCUT2D eigenvalue weighted by molar-refractivity contribution is 8.00. The van der Waals surface area contributed by atoms with Gasteiger partial charge in [-0.2, -0.15) is 0 Å². The van der Waals surface area contributed by atoms with E-state index in [1.807, 2.05) is 38.1 Å². The van der Waals surface area contributed by atoms with Crippen LogP contribution in [0.1, 0.15) is 25.8 Å². The molecule has 1 aliphatic heterocycles. The van der Waals surface area contributed by atoms with Crippen molar-refractivity contribution in [2.75, 3.05) is 19.0 Å². The Labute approximate surface area is 162 Å². The van der Waals surface area contributed by atoms with Crippen LogP contribution in [0.25, 0.3) is 0 Å². The Hall–Kier alpha value is -2.48. The number of benzene rings is 1. The van der Waals surface area contributed by atoms with Crippen LogP contribution in [0.15, 0.2) is 40.4 Å². The Morgan fingerprint density at radius 3 is 2.59 bits per heavy atom. The van der Waals surface area contributed by atoms with E-state index in [1.54, 1.807) is 6.92 Å². The molecule has 2 N–H and O–H groups in total. The van der Waals surface area contributed by atoms with Crippen LogP contribution in [0.3, 0.4) is 0 Å². The molecule has 2 amide bonds. The predicted octanol–water partition coefficient (Wildman–Crippen LogP) is 2.54. The van der Waals surface area contributed by atoms with Gasteiger partial charge in [0.25, 0.3) is 0 Å². The predicted molar refractivity (Wildman–Crippen MR) is 102 cm³/mol. The van der Waals surface area contributed by atoms with Gasteiger partial charge in [0, 0.05) is 4.90 Å². The van der Waals surface area contributed by atoms with Crippen molar-refractivity contribution in [3.05, 3.63) is 41.1 Å². The average Bonchev–Trinajstić information content (AvgIpc) is 2.65. The summed E-state index contributed by atoms with van der Waals surface area (Å²) in [5.41, 5.74) is 1.63. The minimum atomic E-state index is -0.530. The molecular weight excluding hydrogens is 368 g/mol. The number of carbonyl (C=O) groups excluding carboxylic acids is 3. The number of thioether (sulfide) groups is 1. The molecule has 0 fully saturated rings. The monoisotopic (exact) mass is 392 g/mol. The van der Waals surface area contributed by atoms with Crippen LogP contribution in [0.4, 0.5) is 4.79 Å². The molecule has 1 aromatic rings. The van der Waals surface area contributed by atoms with E-state index in [-0.39, 0.29) is 24.7 Å². The number of nitrogens with one attached hydrogen (secondary N) is 2. The molecule has 0 saturated carbocycles. The number of rotatable bonds is 8. The topological polar surface area (TPSA) is 93.7 Å². The third-order valence-corrected chi connectivity index (χ3v) is 5.11. The first-order chi connectivity index (χ1) is 13.0. The van der Waals surface area contributed by atoms with Crippen molar-refractivity contribution in [1.82, 2.24) is 10.6 Å². The Kier molecular flexibility index (Phi) is 7.72. The van der Waals surface area contributed by atoms with Crippen molar-refractivity contribution in [3.63, 3.8) is 0 Å². The van der Waals surface area contributed by atoms with Crippen molar-refractivity contribution in [2.45, 2.75) is 38.1 Å². The Bertz CT molecular complexity index is 747. The van der Waals surface area contributed by atoms with Gasteiger partial charge < -0.3 is 20.1 Å². The van der Waals surface area contributed by atoms with Gasteiger partial charge in [-0.15, -0.1) is 11.8 Å². The van der Waals surface area contributed by atoms with Gasteiger partial charge in [-0.3, -0.25) is 4.79 Å². The third-order valence-electron chi connectivity index (χ3n) is 3.96. The maximum atomic E-state index is 12.3. The van der Waals surface area contributed by atoms with Crippen molar-refractivity contribution in [2.24, 2.45) is 0 Å². The number of hydrogen-bond acceptors (Lipinski definition) is 6. The van der Waals surface area contributed by atoms with E-state index in [0.29, 0.717) is 12.0 Å². The van der Waals surface area contributed by atoms with Gasteiger partial charge in [-0.25, -0.2) is 9.59 Å². The van der Waals surface area contributed by atoms with Crippen LogP contribution in [-0.4, -0.2) is 43.0 Å². The number of aryl methyl sites for hydroxylation is 1. The first-order valence-corrected chi connectivity index (χ1v) is 9.76. The van der Waals surface area contributed by atoms with Crippen molar-refractivity contribution in [1.29, 1.82) is 0 Å². The molecule has 0 aromatic heterocycles. The highest BCUT2D eigenvalue weighted by Crippen LogP contribution is 2.22. The maximum Gasteiger partial charge on any atom is 0.338 e. The molecule has 1 atom stereocenters. The first-order valence-electron chi connectivity index (χ1n) is 8.78. The minimum absolute atomic E-state index is 0.135. The third kappa shape index (κ3) is 5.75. The SMILES string of the molecule is CCOC(=O)C1=C(COC(=O)CSc2ccccc2C)NC(=O)N[C@H]1CC. The van der Waals surface area contributed by atoms with Crippen LogP contribution in [0, 0.1) is 6.92 Å². The minimum Gasteiger partial charge on any atom is -0.463 e. The Morgan fingerprint density at radius 2 is 1.93 bits per heavy atom. The van der Waals surface area contributed by atoms with Crippen molar-refractivity contribution < 1.29 is 23.9 Å². The summed E-state index contributed by atoms with van der Waals surface area (Å²) in [4.78, 5) is 37.2. The maximum absolute atomic E-state index is 12.3. The molecule has 1 aliphatic rings. The molecule has 0 saturated heterocycles. The number of hydrogen-bond donors (Lipinski definition) is 2. The normalized spacial score (nSPS) is 16.4. The number of carbonyl (C=O) groups is 3. The molecule has 0 unspecified atom stereocenters. The summed E-state index contributed by atoms with van der Waals surface area (Å²) in [6, 6.07) is 6.84. The second-order valence-corrected chi connectivity index (χ2v) is 6.90. The molecule has 2 rings (SSSR count). The van der Waals surface area contributed by atoms with Crippen LogP contribution < -0.4 is 10.6 Å². The smallest absolute Gasteiger partial charge is 0.338 e. The standard InChI is InChI=1S/C19H24N2O5S/c1-4-13-17(18(23)25-5-2)14(21-19(24)20-13)10-26-16(22)11-27-15-9-7-6-8-12(15)3/h6-9,13H,4-5,10-11H2,1-3H3,(H2,20,21,24)/t13-/m0/s1. The second kappa shape index (κ2) is 10.0. The van der Waals surface area contributed by atoms with E-state index in [2.05, 4.69) is 10.6 Å². The van der Waals surface area contributed by atoms with Gasteiger partial charge in [0.1, 0.15) is 6.61 Å². The molecule has 0 radical (unpaired) electrons. The zero-order valence-corrected chi connectivity index (χ0v) is 16.5. The molecule has 27 heavy (non-hydrogen) atoms. The summed E-state index contributed by atoms with van der Waals surface area (Å²) in [6.07, 6.45) is 0.516. The van der Waals surface area contributed by atoms with Crippen LogP contribution in [-0.2, 0) is 19.1 Å². The zero-order valence-electron chi connectivity index (χ0n) is 15.7. The van der Waals surface area contributed by atoms with Gasteiger partial charge in [-0.05, 0) is 31.9 Å². The molecule has 8 heteroatoms. The van der Waals surface area contributed by atoms with Crippen LogP contribution >= 0.6 is 11.8 Å². The van der Waals surface area contributed by atoms with E-state index in [1.165, 1.54) is 11.8 Å². The highest BCUT2D eigenvalue weighted by atomic mass is 32.2. The lowest BCUT2D eigenvalue weighted by Gasteiger charge is -2.28. The molecule has 0 bridgehead atoms. The fraction of sp³-hybridized carbons (Fsp3) is 0.421. The second-order valence-electron chi connectivity index (χ2n) is 5.89. The lowest BCUT2D eigenvalue weighted by atomic mass is 10.0. The number of amides is 2. The molecule has 146 valence electrons. The van der Waals surface area contributed by atoms with Gasteiger partial charge >= 0.3 is 18.0 Å². The Balaban J connectivity index is 2.03.